The highest BCUT2D eigenvalue weighted by molar-refractivity contribution is 9.10. The van der Waals surface area contributed by atoms with Crippen molar-refractivity contribution in [3.05, 3.63) is 39.7 Å². The van der Waals surface area contributed by atoms with Gasteiger partial charge in [-0.05, 0) is 18.1 Å². The maximum atomic E-state index is 13.0. The van der Waals surface area contributed by atoms with Crippen LogP contribution in [0.4, 0.5) is 10.1 Å². The zero-order chi connectivity index (χ0) is 13.0. The highest BCUT2D eigenvalue weighted by Crippen LogP contribution is 2.21. The molecule has 0 aliphatic heterocycles. The minimum Gasteiger partial charge on any atom is -0.468 e. The van der Waals surface area contributed by atoms with E-state index in [1.165, 1.54) is 13.2 Å². The van der Waals surface area contributed by atoms with Gasteiger partial charge in [0.25, 0.3) is 0 Å². The van der Waals surface area contributed by atoms with Crippen LogP contribution in [0.3, 0.4) is 0 Å². The van der Waals surface area contributed by atoms with E-state index in [2.05, 4.69) is 20.7 Å². The van der Waals surface area contributed by atoms with Crippen molar-refractivity contribution in [2.24, 2.45) is 0 Å². The second kappa shape index (κ2) is 5.72. The summed E-state index contributed by atoms with van der Waals surface area (Å²) in [5.41, 5.74) is -0.127. The molecule has 0 fully saturated rings. The van der Waals surface area contributed by atoms with Gasteiger partial charge in [-0.25, -0.2) is 0 Å². The third kappa shape index (κ3) is 3.48. The standard InChI is InChI=1S/C10H9BrFNO4/c1-17-10(14)7(11)4-6-2-3-8(12)9(5-6)13(15)16/h2-3,5,7H,4H2,1H3. The van der Waals surface area contributed by atoms with Gasteiger partial charge in [-0.2, -0.15) is 4.39 Å². The monoisotopic (exact) mass is 305 g/mol. The normalized spacial score (nSPS) is 11.9. The number of hydrogen-bond acceptors (Lipinski definition) is 4. The van der Waals surface area contributed by atoms with Gasteiger partial charge in [-0.3, -0.25) is 14.9 Å². The van der Waals surface area contributed by atoms with Crippen LogP contribution in [0.25, 0.3) is 0 Å². The Morgan fingerprint density at radius 1 is 1.65 bits per heavy atom. The SMILES string of the molecule is COC(=O)C(Br)Cc1ccc(F)c([N+](=O)[O-])c1. The summed E-state index contributed by atoms with van der Waals surface area (Å²) in [4.78, 5) is 20.2. The van der Waals surface area contributed by atoms with E-state index in [4.69, 9.17) is 0 Å². The lowest BCUT2D eigenvalue weighted by Gasteiger charge is -2.07. The first-order valence-corrected chi connectivity index (χ1v) is 5.52. The quantitative estimate of drug-likeness (QED) is 0.370. The predicted octanol–water partition coefficient (Wildman–Crippen LogP) is 2.21. The third-order valence-electron chi connectivity index (χ3n) is 2.08. The number of nitro groups is 1. The molecule has 0 aromatic heterocycles. The maximum absolute atomic E-state index is 13.0. The third-order valence-corrected chi connectivity index (χ3v) is 2.78. The largest absolute Gasteiger partial charge is 0.468 e. The Labute approximate surface area is 105 Å². The van der Waals surface area contributed by atoms with Crippen molar-refractivity contribution in [3.8, 4) is 0 Å². The number of hydrogen-bond donors (Lipinski definition) is 0. The molecule has 1 atom stereocenters. The van der Waals surface area contributed by atoms with Gasteiger partial charge in [0.15, 0.2) is 0 Å². The molecule has 0 radical (unpaired) electrons. The number of halogens is 2. The summed E-state index contributed by atoms with van der Waals surface area (Å²) in [5, 5.41) is 10.5. The number of nitrogens with zero attached hydrogens (tertiary/aromatic N) is 1. The molecule has 0 spiro atoms. The molecule has 0 saturated heterocycles. The summed E-state index contributed by atoms with van der Waals surface area (Å²) in [6.07, 6.45) is 0.188. The molecule has 7 heteroatoms. The van der Waals surface area contributed by atoms with Crippen LogP contribution in [0.1, 0.15) is 5.56 Å². The van der Waals surface area contributed by atoms with E-state index in [1.807, 2.05) is 0 Å². The number of methoxy groups -OCH3 is 1. The fraction of sp³-hybridized carbons (Fsp3) is 0.300. The molecule has 0 saturated carbocycles. The summed E-state index contributed by atoms with van der Waals surface area (Å²) in [6.45, 7) is 0. The topological polar surface area (TPSA) is 69.4 Å². The Morgan fingerprint density at radius 3 is 2.82 bits per heavy atom. The summed E-state index contributed by atoms with van der Waals surface area (Å²) in [7, 11) is 1.24. The van der Waals surface area contributed by atoms with E-state index in [-0.39, 0.29) is 6.42 Å². The molecule has 1 aromatic rings. The van der Waals surface area contributed by atoms with Gasteiger partial charge < -0.3 is 4.74 Å². The van der Waals surface area contributed by atoms with Gasteiger partial charge >= 0.3 is 11.7 Å². The molecular formula is C10H9BrFNO4. The van der Waals surface area contributed by atoms with Crippen LogP contribution in [0.15, 0.2) is 18.2 Å². The molecule has 0 aliphatic carbocycles. The predicted molar refractivity (Wildman–Crippen MR) is 61.5 cm³/mol. The summed E-state index contributed by atoms with van der Waals surface area (Å²) >= 11 is 3.08. The number of benzene rings is 1. The van der Waals surface area contributed by atoms with Crippen LogP contribution < -0.4 is 0 Å². The summed E-state index contributed by atoms with van der Waals surface area (Å²) in [6, 6.07) is 3.50. The van der Waals surface area contributed by atoms with Crippen molar-refractivity contribution in [1.29, 1.82) is 0 Å². The first kappa shape index (κ1) is 13.6. The van der Waals surface area contributed by atoms with Crippen LogP contribution >= 0.6 is 15.9 Å². The van der Waals surface area contributed by atoms with Crippen molar-refractivity contribution in [2.75, 3.05) is 7.11 Å². The zero-order valence-electron chi connectivity index (χ0n) is 8.85. The molecule has 17 heavy (non-hydrogen) atoms. The van der Waals surface area contributed by atoms with Crippen LogP contribution in [0.5, 0.6) is 0 Å². The smallest absolute Gasteiger partial charge is 0.319 e. The summed E-state index contributed by atoms with van der Waals surface area (Å²) < 4.78 is 17.5. The van der Waals surface area contributed by atoms with E-state index >= 15 is 0 Å². The van der Waals surface area contributed by atoms with E-state index in [9.17, 15) is 19.3 Å². The number of nitro benzene ring substituents is 1. The van der Waals surface area contributed by atoms with Crippen molar-refractivity contribution in [3.63, 3.8) is 0 Å². The van der Waals surface area contributed by atoms with Gasteiger partial charge in [-0.1, -0.05) is 22.0 Å². The number of carbonyl (C=O) groups excluding carboxylic acids is 1. The van der Waals surface area contributed by atoms with Crippen LogP contribution in [-0.2, 0) is 16.0 Å². The van der Waals surface area contributed by atoms with Crippen molar-refractivity contribution < 1.29 is 18.8 Å². The molecule has 0 N–H and O–H groups in total. The first-order valence-electron chi connectivity index (χ1n) is 4.60. The minimum atomic E-state index is -0.900. The minimum absolute atomic E-state index is 0.188. The Kier molecular flexibility index (Phi) is 4.56. The number of rotatable bonds is 4. The average molecular weight is 306 g/mol. The van der Waals surface area contributed by atoms with Gasteiger partial charge in [0.05, 0.1) is 12.0 Å². The van der Waals surface area contributed by atoms with Gasteiger partial charge in [0, 0.05) is 6.07 Å². The molecule has 0 bridgehead atoms. The maximum Gasteiger partial charge on any atom is 0.319 e. The molecular weight excluding hydrogens is 297 g/mol. The summed E-state index contributed by atoms with van der Waals surface area (Å²) in [5.74, 6) is -1.39. The number of carbonyl (C=O) groups is 1. The van der Waals surface area contributed by atoms with Crippen molar-refractivity contribution in [1.82, 2.24) is 0 Å². The Hall–Kier alpha value is -1.50. The number of esters is 1. The Balaban J connectivity index is 2.90. The molecule has 1 rings (SSSR count). The Bertz CT molecular complexity index is 452. The van der Waals surface area contributed by atoms with Crippen LogP contribution in [-0.4, -0.2) is 22.8 Å². The lowest BCUT2D eigenvalue weighted by atomic mass is 10.1. The molecule has 5 nitrogen and oxygen atoms in total. The first-order chi connectivity index (χ1) is 7.95. The molecule has 1 unspecified atom stereocenters. The highest BCUT2D eigenvalue weighted by atomic mass is 79.9. The van der Waals surface area contributed by atoms with Gasteiger partial charge in [0.1, 0.15) is 4.83 Å². The van der Waals surface area contributed by atoms with E-state index in [1.54, 1.807) is 0 Å². The van der Waals surface area contributed by atoms with Crippen LogP contribution in [0.2, 0.25) is 0 Å². The van der Waals surface area contributed by atoms with E-state index in [0.29, 0.717) is 5.56 Å². The average Bonchev–Trinajstić information content (AvgIpc) is 2.30. The Morgan fingerprint density at radius 2 is 2.29 bits per heavy atom. The van der Waals surface area contributed by atoms with Gasteiger partial charge in [-0.15, -0.1) is 0 Å². The van der Waals surface area contributed by atoms with Crippen LogP contribution in [0, 0.1) is 15.9 Å². The molecule has 1 aromatic carbocycles. The van der Waals surface area contributed by atoms with Crippen molar-refractivity contribution >= 4 is 27.6 Å². The second-order valence-electron chi connectivity index (χ2n) is 3.24. The lowest BCUT2D eigenvalue weighted by Crippen LogP contribution is -2.18. The van der Waals surface area contributed by atoms with Crippen molar-refractivity contribution in [2.45, 2.75) is 11.2 Å². The van der Waals surface area contributed by atoms with E-state index in [0.717, 1.165) is 12.1 Å². The molecule has 0 amide bonds. The number of ether oxygens (including phenoxy) is 1. The highest BCUT2D eigenvalue weighted by Gasteiger charge is 2.19. The van der Waals surface area contributed by atoms with E-state index < -0.39 is 27.2 Å². The number of alkyl halides is 1. The fourth-order valence-corrected chi connectivity index (χ4v) is 1.80. The lowest BCUT2D eigenvalue weighted by molar-refractivity contribution is -0.387. The second-order valence-corrected chi connectivity index (χ2v) is 4.34. The van der Waals surface area contributed by atoms with Gasteiger partial charge in [0.2, 0.25) is 5.82 Å². The molecule has 92 valence electrons. The fourth-order valence-electron chi connectivity index (χ4n) is 1.24. The zero-order valence-corrected chi connectivity index (χ0v) is 10.4. The molecule has 0 heterocycles. The molecule has 0 aliphatic rings.